The van der Waals surface area contributed by atoms with Gasteiger partial charge in [0.1, 0.15) is 0 Å². The van der Waals surface area contributed by atoms with Gasteiger partial charge in [-0.25, -0.2) is 26.0 Å². The summed E-state index contributed by atoms with van der Waals surface area (Å²) in [5, 5.41) is 2.27. The zero-order valence-corrected chi connectivity index (χ0v) is 18.6. The highest BCUT2D eigenvalue weighted by Crippen LogP contribution is 2.33. The van der Waals surface area contributed by atoms with Crippen LogP contribution < -0.4 is 9.84 Å². The summed E-state index contributed by atoms with van der Waals surface area (Å²) < 4.78 is 92.2. The molecule has 0 spiro atoms. The molecular weight excluding hydrogens is 467 g/mol. The van der Waals surface area contributed by atoms with E-state index in [9.17, 15) is 35.3 Å². The largest absolute Gasteiger partial charge is 0.351 e. The molecule has 0 radical (unpaired) electrons. The molecule has 1 saturated carbocycles. The lowest BCUT2D eigenvalue weighted by atomic mass is 9.84. The second kappa shape index (κ2) is 10.1. The van der Waals surface area contributed by atoms with Gasteiger partial charge >= 0.3 is 0 Å². The molecule has 180 valence electrons. The van der Waals surface area contributed by atoms with Crippen LogP contribution in [0.15, 0.2) is 24.3 Å². The Morgan fingerprint density at radius 3 is 2.06 bits per heavy atom. The van der Waals surface area contributed by atoms with Gasteiger partial charge in [0.05, 0.1) is 0 Å². The van der Waals surface area contributed by atoms with Crippen LogP contribution in [0.4, 0.5) is 27.7 Å². The monoisotopic (exact) mass is 490 g/mol. The summed E-state index contributed by atoms with van der Waals surface area (Å²) >= 11 is 0. The molecule has 0 atom stereocenters. The van der Waals surface area contributed by atoms with Gasteiger partial charge in [0.2, 0.25) is 5.91 Å². The maximum absolute atomic E-state index is 14.3. The second-order valence-corrected chi connectivity index (χ2v) is 9.83. The summed E-state index contributed by atoms with van der Waals surface area (Å²) in [6.45, 7) is 0.634. The molecule has 3 rings (SSSR count). The van der Waals surface area contributed by atoms with E-state index in [1.807, 2.05) is 12.1 Å². The molecule has 0 bridgehead atoms. The maximum Gasteiger partial charge on any atom is 0.270 e. The minimum atomic E-state index is -5.29. The van der Waals surface area contributed by atoms with Crippen LogP contribution in [0.3, 0.4) is 0 Å². The molecule has 2 aromatic rings. The van der Waals surface area contributed by atoms with Crippen LogP contribution in [0.5, 0.6) is 0 Å². The van der Waals surface area contributed by atoms with Crippen molar-refractivity contribution >= 4 is 21.6 Å². The first-order chi connectivity index (χ1) is 15.5. The highest BCUT2D eigenvalue weighted by Gasteiger charge is 2.35. The summed E-state index contributed by atoms with van der Waals surface area (Å²) in [7, 11) is -5.29. The van der Waals surface area contributed by atoms with Crippen LogP contribution in [0, 0.1) is 30.2 Å². The summed E-state index contributed by atoms with van der Waals surface area (Å²) in [6.07, 6.45) is 5.82. The summed E-state index contributed by atoms with van der Waals surface area (Å²) in [6, 6.07) is 7.43. The molecule has 1 amide bonds. The average molecular weight is 490 g/mol. The molecule has 1 aliphatic carbocycles. The molecule has 2 aromatic carbocycles. The van der Waals surface area contributed by atoms with Gasteiger partial charge in [-0.3, -0.25) is 4.79 Å². The van der Waals surface area contributed by atoms with Crippen LogP contribution in [0.2, 0.25) is 0 Å². The van der Waals surface area contributed by atoms with Crippen molar-refractivity contribution in [2.75, 3.05) is 10.3 Å². The van der Waals surface area contributed by atoms with Crippen molar-refractivity contribution in [2.24, 2.45) is 0 Å². The molecule has 0 aromatic heterocycles. The number of benzene rings is 2. The van der Waals surface area contributed by atoms with Crippen molar-refractivity contribution < 1.29 is 35.3 Å². The minimum absolute atomic E-state index is 0.0674. The number of carbonyl (C=O) groups excluding carboxylic acids is 1. The topological polar surface area (TPSA) is 66.5 Å². The molecule has 1 fully saturated rings. The molecule has 5 nitrogen and oxygen atoms in total. The van der Waals surface area contributed by atoms with Gasteiger partial charge in [-0.2, -0.15) is 0 Å². The van der Waals surface area contributed by atoms with E-state index in [1.54, 1.807) is 12.1 Å². The van der Waals surface area contributed by atoms with E-state index in [-0.39, 0.29) is 6.54 Å². The highest BCUT2D eigenvalue weighted by atomic mass is 32.2. The minimum Gasteiger partial charge on any atom is -0.351 e. The highest BCUT2D eigenvalue weighted by molar-refractivity contribution is 7.93. The number of halogens is 5. The third kappa shape index (κ3) is 5.45. The Kier molecular flexibility index (Phi) is 7.61. The Morgan fingerprint density at radius 1 is 0.970 bits per heavy atom. The number of sulfonamides is 1. The van der Waals surface area contributed by atoms with E-state index in [1.165, 1.54) is 24.8 Å². The Hall–Kier alpha value is -2.69. The summed E-state index contributed by atoms with van der Waals surface area (Å²) in [5.41, 5.74) is -1.31. The Bertz CT molecular complexity index is 1100. The predicted molar refractivity (Wildman–Crippen MR) is 112 cm³/mol. The van der Waals surface area contributed by atoms with Crippen LogP contribution in [-0.2, 0) is 21.4 Å². The zero-order valence-electron chi connectivity index (χ0n) is 17.8. The number of carbonyl (C=O) groups is 1. The summed E-state index contributed by atoms with van der Waals surface area (Å²) in [5.74, 6) is -10.5. The van der Waals surface area contributed by atoms with Crippen molar-refractivity contribution in [1.29, 1.82) is 0 Å². The fraction of sp³-hybridized carbons (Fsp3) is 0.409. The first kappa shape index (κ1) is 24.9. The van der Waals surface area contributed by atoms with E-state index >= 15 is 0 Å². The maximum atomic E-state index is 14.3. The molecule has 1 N–H and O–H groups in total. The van der Waals surface area contributed by atoms with Crippen LogP contribution >= 0.6 is 0 Å². The number of nitrogens with zero attached hydrogens (tertiary/aromatic N) is 1. The standard InChI is InChI=1S/C22H23F5N2O3S/c1-13-18(23)20(25)22(21(26)19(13)24)29(27)33(31,32)12-17(30)28-11-14-7-9-16(10-8-14)15-5-3-2-4-6-15/h7-10,15H,2-6,11-12H2,1H3,(H,28,30). The fourth-order valence-corrected chi connectivity index (χ4v) is 4.83. The normalized spacial score (nSPS) is 14.8. The Balaban J connectivity index is 1.64. The molecular formula is C22H23F5N2O3S. The SMILES string of the molecule is Cc1c(F)c(F)c(N(F)S(=O)(=O)CC(=O)NCc2ccc(C3CCCCC3)cc2)c(F)c1F. The molecule has 0 heterocycles. The first-order valence-corrected chi connectivity index (χ1v) is 12.0. The van der Waals surface area contributed by atoms with E-state index < -0.39 is 60.7 Å². The third-order valence-corrected chi connectivity index (χ3v) is 7.04. The van der Waals surface area contributed by atoms with Crippen molar-refractivity contribution in [3.8, 4) is 0 Å². The van der Waals surface area contributed by atoms with Crippen LogP contribution in [0.25, 0.3) is 0 Å². The number of hydrogen-bond acceptors (Lipinski definition) is 3. The van der Waals surface area contributed by atoms with Gasteiger partial charge in [-0.15, -0.1) is 0 Å². The number of amides is 1. The smallest absolute Gasteiger partial charge is 0.270 e. The van der Waals surface area contributed by atoms with Gasteiger partial charge in [0.25, 0.3) is 10.0 Å². The number of rotatable bonds is 7. The second-order valence-electron chi connectivity index (χ2n) is 8.05. The van der Waals surface area contributed by atoms with Crippen molar-refractivity contribution in [3.05, 3.63) is 64.2 Å². The van der Waals surface area contributed by atoms with E-state index in [2.05, 4.69) is 5.32 Å². The summed E-state index contributed by atoms with van der Waals surface area (Å²) in [4.78, 5) is 12.0. The van der Waals surface area contributed by atoms with Crippen molar-refractivity contribution in [1.82, 2.24) is 5.32 Å². The van der Waals surface area contributed by atoms with E-state index in [4.69, 9.17) is 0 Å². The van der Waals surface area contributed by atoms with Gasteiger partial charge in [-0.1, -0.05) is 52.5 Å². The van der Waals surface area contributed by atoms with E-state index in [0.29, 0.717) is 18.4 Å². The molecule has 1 aliphatic rings. The van der Waals surface area contributed by atoms with Gasteiger partial charge in [0, 0.05) is 12.1 Å². The lowest BCUT2D eigenvalue weighted by Crippen LogP contribution is -2.36. The van der Waals surface area contributed by atoms with E-state index in [0.717, 1.165) is 12.8 Å². The average Bonchev–Trinajstić information content (AvgIpc) is 2.81. The lowest BCUT2D eigenvalue weighted by molar-refractivity contribution is -0.118. The van der Waals surface area contributed by atoms with Crippen LogP contribution in [0.1, 0.15) is 54.7 Å². The number of hydrogen-bond donors (Lipinski definition) is 1. The van der Waals surface area contributed by atoms with Crippen molar-refractivity contribution in [2.45, 2.75) is 51.5 Å². The third-order valence-electron chi connectivity index (χ3n) is 5.74. The molecule has 33 heavy (non-hydrogen) atoms. The van der Waals surface area contributed by atoms with Gasteiger partial charge < -0.3 is 5.32 Å². The van der Waals surface area contributed by atoms with Crippen molar-refractivity contribution in [3.63, 3.8) is 0 Å². The number of anilines is 1. The fourth-order valence-electron chi connectivity index (χ4n) is 3.84. The molecule has 11 heteroatoms. The molecule has 0 unspecified atom stereocenters. The molecule has 0 saturated heterocycles. The first-order valence-electron chi connectivity index (χ1n) is 10.4. The predicted octanol–water partition coefficient (Wildman–Crippen LogP) is 4.94. The lowest BCUT2D eigenvalue weighted by Gasteiger charge is -2.22. The van der Waals surface area contributed by atoms with Gasteiger partial charge in [0.15, 0.2) is 34.7 Å². The Labute approximate surface area is 188 Å². The van der Waals surface area contributed by atoms with Crippen LogP contribution in [-0.4, -0.2) is 20.1 Å². The number of nitrogens with one attached hydrogen (secondary N) is 1. The molecule has 0 aliphatic heterocycles. The zero-order chi connectivity index (χ0) is 24.3. The quantitative estimate of drug-likeness (QED) is 0.340. The Morgan fingerprint density at radius 2 is 1.52 bits per heavy atom. The van der Waals surface area contributed by atoms with Gasteiger partial charge in [-0.05, 0) is 36.8 Å².